The molecule has 12 heteroatoms. The summed E-state index contributed by atoms with van der Waals surface area (Å²) < 4.78 is 48.0. The summed E-state index contributed by atoms with van der Waals surface area (Å²) in [5.74, 6) is -1.42. The van der Waals surface area contributed by atoms with Gasteiger partial charge in [0, 0.05) is 0 Å². The molecule has 6 aromatic carbocycles. The van der Waals surface area contributed by atoms with Crippen LogP contribution in [0.25, 0.3) is 21.5 Å². The quantitative estimate of drug-likeness (QED) is 0.0961. The topological polar surface area (TPSA) is 114 Å². The number of aliphatic hydroxyl groups is 2. The monoisotopic (exact) mass is 992 g/mol. The summed E-state index contributed by atoms with van der Waals surface area (Å²) in [4.78, 5) is 0. The highest BCUT2D eigenvalue weighted by molar-refractivity contribution is 7.35. The summed E-state index contributed by atoms with van der Waals surface area (Å²) in [7, 11) is -2.23. The van der Waals surface area contributed by atoms with Crippen molar-refractivity contribution in [1.82, 2.24) is 0 Å². The van der Waals surface area contributed by atoms with Gasteiger partial charge in [-0.25, -0.2) is 0 Å². The number of benzene rings is 6. The Kier molecular flexibility index (Phi) is 16.6. The molecule has 0 saturated carbocycles. The molecule has 2 N–H and O–H groups in total. The van der Waals surface area contributed by atoms with Gasteiger partial charge in [0.25, 0.3) is 0 Å². The molecule has 0 radical (unpaired) electrons. The van der Waals surface area contributed by atoms with E-state index >= 15 is 0 Å². The maximum absolute atomic E-state index is 9.99. The number of aliphatic hydroxyl groups excluding tert-OH is 2. The lowest BCUT2D eigenvalue weighted by Gasteiger charge is -2.38. The molecule has 8 atom stereocenters. The van der Waals surface area contributed by atoms with Gasteiger partial charge >= 0.3 is 0 Å². The van der Waals surface area contributed by atoms with Gasteiger partial charge in [0.2, 0.25) is 7.38 Å². The lowest BCUT2D eigenvalue weighted by atomic mass is 9.93. The maximum Gasteiger partial charge on any atom is 0.222 e. The third-order valence-electron chi connectivity index (χ3n) is 13.7. The Morgan fingerprint density at radius 1 is 0.529 bits per heavy atom. The predicted molar refractivity (Wildman–Crippen MR) is 281 cm³/mol. The largest absolute Gasteiger partial charge is 0.393 e. The van der Waals surface area contributed by atoms with Crippen LogP contribution < -0.4 is 10.4 Å². The van der Waals surface area contributed by atoms with Crippen molar-refractivity contribution in [3.63, 3.8) is 0 Å². The van der Waals surface area contributed by atoms with Crippen LogP contribution in [0.4, 0.5) is 0 Å². The summed E-state index contributed by atoms with van der Waals surface area (Å²) >= 11 is 7.21. The summed E-state index contributed by atoms with van der Waals surface area (Å²) in [6.07, 6.45) is -1.92. The van der Waals surface area contributed by atoms with Gasteiger partial charge in [0.05, 0.1) is 26.4 Å². The van der Waals surface area contributed by atoms with E-state index < -0.39 is 54.9 Å². The Morgan fingerprint density at radius 2 is 0.943 bits per heavy atom. The number of ether oxygens (including phenoxy) is 8. The second kappa shape index (κ2) is 21.6. The third kappa shape index (κ3) is 11.3. The van der Waals surface area contributed by atoms with Crippen LogP contribution >= 0.6 is 11.1 Å². The molecule has 4 aliphatic rings. The zero-order valence-corrected chi connectivity index (χ0v) is 43.2. The third-order valence-corrected chi connectivity index (χ3v) is 21.0. The van der Waals surface area contributed by atoms with Crippen molar-refractivity contribution in [2.75, 3.05) is 13.2 Å². The van der Waals surface area contributed by atoms with E-state index in [1.54, 1.807) is 0 Å². The highest BCUT2D eigenvalue weighted by Crippen LogP contribution is 2.46. The second-order valence-electron chi connectivity index (χ2n) is 20.7. The molecule has 376 valence electrons. The van der Waals surface area contributed by atoms with Crippen LogP contribution in [0, 0.1) is 0 Å². The van der Waals surface area contributed by atoms with Gasteiger partial charge in [0.15, 0.2) is 24.2 Å². The molecule has 0 aromatic heterocycles. The van der Waals surface area contributed by atoms with Crippen molar-refractivity contribution in [2.24, 2.45) is 0 Å². The first-order chi connectivity index (χ1) is 32.8. The number of hydrogen-bond acceptors (Lipinski definition) is 10. The predicted octanol–water partition coefficient (Wildman–Crippen LogP) is 10.8. The molecular formula is C58H73ClO10Si. The smallest absolute Gasteiger partial charge is 0.222 e. The van der Waals surface area contributed by atoms with Crippen molar-refractivity contribution in [2.45, 2.75) is 154 Å². The van der Waals surface area contributed by atoms with Crippen LogP contribution in [-0.4, -0.2) is 90.6 Å². The lowest BCUT2D eigenvalue weighted by molar-refractivity contribution is -0.252. The molecule has 0 aliphatic carbocycles. The molecule has 6 aromatic rings. The fourth-order valence-electron chi connectivity index (χ4n) is 9.95. The first kappa shape index (κ1) is 53.7. The Labute approximate surface area is 420 Å². The zero-order chi connectivity index (χ0) is 49.2. The Bertz CT molecular complexity index is 2600. The highest BCUT2D eigenvalue weighted by atomic mass is 35.6. The van der Waals surface area contributed by atoms with Gasteiger partial charge in [-0.05, 0) is 101 Å². The molecule has 4 fully saturated rings. The molecule has 4 saturated heterocycles. The van der Waals surface area contributed by atoms with Gasteiger partial charge < -0.3 is 48.1 Å². The average Bonchev–Trinajstić information content (AvgIpc) is 4.00. The van der Waals surface area contributed by atoms with Crippen LogP contribution in [0.2, 0.25) is 5.04 Å². The molecule has 10 nitrogen and oxygen atoms in total. The molecular weight excluding hydrogens is 920 g/mol. The molecule has 0 unspecified atom stereocenters. The minimum atomic E-state index is -2.23. The van der Waals surface area contributed by atoms with Gasteiger partial charge in [-0.2, -0.15) is 11.1 Å². The SMILES string of the molecule is C.CC(C)(C)[Si](Cl)(c1ccccc1)c1ccccc1.CC1(C)O[C@H]2O[C@@](C)(CO)[C@@H](OCc3ccc4ccccc4c3)[C@H]2O1.CC[C@@]1(CO)O[C@@H]2OC(C)(C)O[C@@H]2[C@@H]1OCc1ccc2ccccc2c1. The van der Waals surface area contributed by atoms with E-state index in [1.165, 1.54) is 31.9 Å². The van der Waals surface area contributed by atoms with Crippen LogP contribution in [0.1, 0.15) is 87.3 Å². The number of fused-ring (bicyclic) bond motifs is 4. The number of hydrogen-bond donors (Lipinski definition) is 2. The van der Waals surface area contributed by atoms with Crippen LogP contribution in [0.3, 0.4) is 0 Å². The Balaban J connectivity index is 0.000000156. The van der Waals surface area contributed by atoms with Crippen molar-refractivity contribution in [3.8, 4) is 0 Å². The lowest BCUT2D eigenvalue weighted by Crippen LogP contribution is -2.59. The van der Waals surface area contributed by atoms with Crippen molar-refractivity contribution >= 4 is 50.4 Å². The van der Waals surface area contributed by atoms with Crippen LogP contribution in [-0.2, 0) is 51.1 Å². The minimum absolute atomic E-state index is 0. The van der Waals surface area contributed by atoms with Gasteiger partial charge in [-0.15, -0.1) is 0 Å². The van der Waals surface area contributed by atoms with Crippen LogP contribution in [0.15, 0.2) is 146 Å². The molecule has 0 bridgehead atoms. The Morgan fingerprint density at radius 3 is 1.37 bits per heavy atom. The van der Waals surface area contributed by atoms with E-state index in [0.717, 1.165) is 11.1 Å². The summed E-state index contributed by atoms with van der Waals surface area (Å²) in [5, 5.41) is 27.2. The van der Waals surface area contributed by atoms with E-state index in [2.05, 4.69) is 130 Å². The highest BCUT2D eigenvalue weighted by Gasteiger charge is 2.62. The van der Waals surface area contributed by atoms with Crippen molar-refractivity contribution in [3.05, 3.63) is 157 Å². The van der Waals surface area contributed by atoms with Gasteiger partial charge in [-0.3, -0.25) is 0 Å². The first-order valence-electron chi connectivity index (χ1n) is 24.1. The van der Waals surface area contributed by atoms with Crippen molar-refractivity contribution < 1.29 is 48.1 Å². The molecule has 70 heavy (non-hydrogen) atoms. The molecule has 0 spiro atoms. The normalized spacial score (nSPS) is 27.4. The standard InChI is InChI=1S/C21H26O5.C20H24O5.C16H19ClSi.CH4/c1-4-21(13-22)18(17-19(26-21)25-20(2,3)24-17)23-12-14-9-10-15-7-5-6-8-16(15)11-14;1-19(2)23-16-17(20(3,12-21)25-18(16)24-19)22-11-13-8-9-14-6-4-5-7-15(14)10-13;1-16(2,3)18(17,14-10-6-4-7-11-14)15-12-8-5-9-13-15;/h5-11,17-19,22H,4,12-13H2,1-3H3;4-10,16-18,21H,11-12H2,1-3H3;4-13H,1-3H3;1H4/t17-,18+,19+,21+;16-,17+,18+,20+;;/m11../s1. The van der Waals surface area contributed by atoms with Crippen LogP contribution in [0.5, 0.6) is 0 Å². The Hall–Kier alpha value is -4.05. The van der Waals surface area contributed by atoms with Gasteiger partial charge in [0.1, 0.15) is 35.6 Å². The van der Waals surface area contributed by atoms with Crippen molar-refractivity contribution in [1.29, 1.82) is 0 Å². The fourth-order valence-corrected chi connectivity index (χ4v) is 14.1. The number of halogens is 1. The minimum Gasteiger partial charge on any atom is -0.393 e. The summed E-state index contributed by atoms with van der Waals surface area (Å²) in [6, 6.07) is 50.1. The van der Waals surface area contributed by atoms with E-state index in [0.29, 0.717) is 19.6 Å². The van der Waals surface area contributed by atoms with Gasteiger partial charge in [-0.1, -0.05) is 169 Å². The summed E-state index contributed by atoms with van der Waals surface area (Å²) in [5.41, 5.74) is 0.500. The maximum atomic E-state index is 9.99. The van der Waals surface area contributed by atoms with E-state index in [4.69, 9.17) is 49.0 Å². The molecule has 4 heterocycles. The molecule has 0 amide bonds. The summed E-state index contributed by atoms with van der Waals surface area (Å²) in [6.45, 7) is 18.5. The van der Waals surface area contributed by atoms with E-state index in [9.17, 15) is 10.2 Å². The average molecular weight is 994 g/mol. The second-order valence-corrected chi connectivity index (χ2v) is 26.4. The van der Waals surface area contributed by atoms with E-state index in [1.807, 2.05) is 77.9 Å². The zero-order valence-electron chi connectivity index (χ0n) is 41.4. The first-order valence-corrected chi connectivity index (χ1v) is 27.1. The fraction of sp³-hybridized carbons (Fsp3) is 0.448. The molecule has 4 aliphatic heterocycles. The van der Waals surface area contributed by atoms with E-state index in [-0.39, 0.29) is 37.9 Å². The number of rotatable bonds is 11. The molecule has 10 rings (SSSR count).